The van der Waals surface area contributed by atoms with Gasteiger partial charge in [-0.05, 0) is 89.8 Å². The number of benzene rings is 6. The quantitative estimate of drug-likeness (QED) is 0.124. The van der Waals surface area contributed by atoms with E-state index in [9.17, 15) is 5.26 Å². The van der Waals surface area contributed by atoms with Crippen LogP contribution in [0.15, 0.2) is 109 Å². The highest BCUT2D eigenvalue weighted by Crippen LogP contribution is 2.39. The molecule has 0 radical (unpaired) electrons. The van der Waals surface area contributed by atoms with Crippen molar-refractivity contribution in [3.05, 3.63) is 154 Å². The van der Waals surface area contributed by atoms with Crippen molar-refractivity contribution in [2.24, 2.45) is 0 Å². The van der Waals surface area contributed by atoms with Crippen LogP contribution in [0.2, 0.25) is 0 Å². The summed E-state index contributed by atoms with van der Waals surface area (Å²) in [6.45, 7) is 14.1. The summed E-state index contributed by atoms with van der Waals surface area (Å²) < 4.78 is 0. The fourth-order valence-electron chi connectivity index (χ4n) is 5.45. The van der Waals surface area contributed by atoms with E-state index < -0.39 is 0 Å². The lowest BCUT2D eigenvalue weighted by molar-refractivity contribution is 1.27. The third kappa shape index (κ3) is 5.01. The molecular formula is C39H29N3. The lowest BCUT2D eigenvalue weighted by Crippen LogP contribution is -2.09. The molecule has 0 heterocycles. The number of fused-ring (bicyclic) bond motifs is 3. The fourth-order valence-corrected chi connectivity index (χ4v) is 5.45. The molecule has 6 aromatic rings. The topological polar surface area (TPSA) is 31.4 Å². The van der Waals surface area contributed by atoms with E-state index in [0.29, 0.717) is 11.3 Å². The van der Waals surface area contributed by atoms with Crippen LogP contribution in [0.4, 0.5) is 22.7 Å². The lowest BCUT2D eigenvalue weighted by Gasteiger charge is -2.25. The van der Waals surface area contributed by atoms with Crippen LogP contribution in [-0.2, 0) is 0 Å². The molecule has 42 heavy (non-hydrogen) atoms. The SMILES string of the molecule is [C-]#[N+]c1c(C#N)c2cc(C)ccc2c2ccc(C=Cc3ccc(N(c4ccc(C)cc4)c4ccc(C)cc4)cc3)cc12. The molecule has 0 N–H and O–H groups in total. The van der Waals surface area contributed by atoms with Gasteiger partial charge in [0, 0.05) is 17.1 Å². The zero-order chi connectivity index (χ0) is 29.2. The van der Waals surface area contributed by atoms with Crippen molar-refractivity contribution in [3.8, 4) is 6.07 Å². The van der Waals surface area contributed by atoms with Crippen LogP contribution in [0.25, 0.3) is 38.5 Å². The van der Waals surface area contributed by atoms with Gasteiger partial charge >= 0.3 is 0 Å². The average molecular weight is 540 g/mol. The van der Waals surface area contributed by atoms with Crippen molar-refractivity contribution in [2.75, 3.05) is 4.90 Å². The van der Waals surface area contributed by atoms with Gasteiger partial charge in [0.2, 0.25) is 5.69 Å². The van der Waals surface area contributed by atoms with Crippen molar-refractivity contribution in [1.82, 2.24) is 0 Å². The highest BCUT2D eigenvalue weighted by Gasteiger charge is 2.15. The van der Waals surface area contributed by atoms with Gasteiger partial charge in [-0.1, -0.05) is 102 Å². The van der Waals surface area contributed by atoms with E-state index in [1.807, 2.05) is 19.1 Å². The molecule has 3 nitrogen and oxygen atoms in total. The lowest BCUT2D eigenvalue weighted by atomic mass is 9.93. The highest BCUT2D eigenvalue weighted by atomic mass is 15.1. The first-order valence-corrected chi connectivity index (χ1v) is 13.9. The van der Waals surface area contributed by atoms with Gasteiger partial charge in [0.1, 0.15) is 0 Å². The van der Waals surface area contributed by atoms with Crippen LogP contribution in [0, 0.1) is 38.7 Å². The first-order valence-electron chi connectivity index (χ1n) is 13.9. The molecule has 200 valence electrons. The summed E-state index contributed by atoms with van der Waals surface area (Å²) in [5.41, 5.74) is 9.74. The maximum atomic E-state index is 9.94. The minimum atomic E-state index is 0.414. The third-order valence-corrected chi connectivity index (χ3v) is 7.70. The minimum Gasteiger partial charge on any atom is -0.311 e. The Morgan fingerprint density at radius 3 is 1.62 bits per heavy atom. The van der Waals surface area contributed by atoms with Gasteiger partial charge in [0.05, 0.1) is 18.2 Å². The first kappa shape index (κ1) is 26.6. The number of hydrogen-bond donors (Lipinski definition) is 0. The van der Waals surface area contributed by atoms with Crippen LogP contribution < -0.4 is 4.90 Å². The summed E-state index contributed by atoms with van der Waals surface area (Å²) in [6.07, 6.45) is 4.14. The summed E-state index contributed by atoms with van der Waals surface area (Å²) in [5, 5.41) is 13.6. The first-order chi connectivity index (χ1) is 20.4. The van der Waals surface area contributed by atoms with E-state index in [0.717, 1.165) is 55.3 Å². The maximum absolute atomic E-state index is 9.94. The van der Waals surface area contributed by atoms with Crippen LogP contribution in [0.3, 0.4) is 0 Å². The van der Waals surface area contributed by atoms with E-state index in [2.05, 4.69) is 139 Å². The Morgan fingerprint density at radius 2 is 1.05 bits per heavy atom. The van der Waals surface area contributed by atoms with Gasteiger partial charge in [-0.3, -0.25) is 0 Å². The van der Waals surface area contributed by atoms with Crippen LogP contribution in [0.5, 0.6) is 0 Å². The van der Waals surface area contributed by atoms with Crippen molar-refractivity contribution in [3.63, 3.8) is 0 Å². The maximum Gasteiger partial charge on any atom is 0.212 e. The molecule has 3 heteroatoms. The molecule has 6 rings (SSSR count). The second-order valence-corrected chi connectivity index (χ2v) is 10.7. The van der Waals surface area contributed by atoms with Gasteiger partial charge in [-0.25, -0.2) is 4.85 Å². The highest BCUT2D eigenvalue weighted by molar-refractivity contribution is 6.17. The van der Waals surface area contributed by atoms with Gasteiger partial charge in [0.15, 0.2) is 0 Å². The van der Waals surface area contributed by atoms with Crippen LogP contribution >= 0.6 is 0 Å². The van der Waals surface area contributed by atoms with Crippen molar-refractivity contribution in [1.29, 1.82) is 5.26 Å². The summed E-state index contributed by atoms with van der Waals surface area (Å²) in [6, 6.07) is 40.3. The zero-order valence-electron chi connectivity index (χ0n) is 23.9. The average Bonchev–Trinajstić information content (AvgIpc) is 3.01. The zero-order valence-corrected chi connectivity index (χ0v) is 23.9. The number of nitrogens with zero attached hydrogens (tertiary/aromatic N) is 3. The van der Waals surface area contributed by atoms with Gasteiger partial charge < -0.3 is 4.90 Å². The summed E-state index contributed by atoms with van der Waals surface area (Å²) >= 11 is 0. The Kier molecular flexibility index (Phi) is 7.02. The molecule has 0 saturated heterocycles. The van der Waals surface area contributed by atoms with E-state index >= 15 is 0 Å². The van der Waals surface area contributed by atoms with Crippen LogP contribution in [-0.4, -0.2) is 0 Å². The van der Waals surface area contributed by atoms with Crippen molar-refractivity contribution in [2.45, 2.75) is 20.8 Å². The summed E-state index contributed by atoms with van der Waals surface area (Å²) in [7, 11) is 0. The second kappa shape index (κ2) is 11.1. The molecule has 0 atom stereocenters. The molecule has 0 fully saturated rings. The van der Waals surface area contributed by atoms with Crippen molar-refractivity contribution >= 4 is 56.4 Å². The van der Waals surface area contributed by atoms with E-state index in [1.54, 1.807) is 0 Å². The van der Waals surface area contributed by atoms with E-state index in [4.69, 9.17) is 6.57 Å². The molecule has 0 aromatic heterocycles. The van der Waals surface area contributed by atoms with Gasteiger partial charge in [-0.15, -0.1) is 0 Å². The number of hydrogen-bond acceptors (Lipinski definition) is 2. The number of nitriles is 1. The smallest absolute Gasteiger partial charge is 0.212 e. The Bertz CT molecular complexity index is 2010. The predicted octanol–water partition coefficient (Wildman–Crippen LogP) is 11.0. The molecule has 0 aliphatic rings. The molecule has 0 aliphatic carbocycles. The minimum absolute atomic E-state index is 0.414. The summed E-state index contributed by atoms with van der Waals surface area (Å²) in [5.74, 6) is 0. The predicted molar refractivity (Wildman–Crippen MR) is 177 cm³/mol. The molecule has 0 aliphatic heterocycles. The molecule has 0 saturated carbocycles. The van der Waals surface area contributed by atoms with Crippen molar-refractivity contribution < 1.29 is 0 Å². The molecule has 0 spiro atoms. The van der Waals surface area contributed by atoms with E-state index in [-0.39, 0.29) is 0 Å². The standard InChI is InChI=1S/C39H29N3/c1-26-5-15-31(16-6-26)42(32-17-7-27(2)8-18-32)33-19-12-29(13-20-33)10-11-30-14-22-35-34-21-9-28(3)23-36(34)38(25-40)39(41-4)37(35)24-30/h5-24H,1-3H3. The van der Waals surface area contributed by atoms with E-state index in [1.165, 1.54) is 11.1 Å². The second-order valence-electron chi connectivity index (χ2n) is 10.7. The summed E-state index contributed by atoms with van der Waals surface area (Å²) in [4.78, 5) is 6.06. The molecular weight excluding hydrogens is 510 g/mol. The largest absolute Gasteiger partial charge is 0.311 e. The number of rotatable bonds is 5. The molecule has 0 unspecified atom stereocenters. The monoisotopic (exact) mass is 539 g/mol. The Hall–Kier alpha value is -5.64. The Morgan fingerprint density at radius 1 is 0.571 bits per heavy atom. The van der Waals surface area contributed by atoms with Gasteiger partial charge in [-0.2, -0.15) is 5.26 Å². The Labute approximate surface area is 247 Å². The molecule has 6 aromatic carbocycles. The number of aryl methyl sites for hydroxylation is 3. The Balaban J connectivity index is 1.35. The third-order valence-electron chi connectivity index (χ3n) is 7.70. The fraction of sp³-hybridized carbons (Fsp3) is 0.0769. The normalized spacial score (nSPS) is 11.1. The molecule has 0 bridgehead atoms. The van der Waals surface area contributed by atoms with Gasteiger partial charge in [0.25, 0.3) is 0 Å². The van der Waals surface area contributed by atoms with Crippen LogP contribution in [0.1, 0.15) is 33.4 Å². The molecule has 0 amide bonds. The number of anilines is 3.